The van der Waals surface area contributed by atoms with E-state index >= 15 is 0 Å². The van der Waals surface area contributed by atoms with Crippen molar-refractivity contribution in [2.24, 2.45) is 0 Å². The first-order valence-corrected chi connectivity index (χ1v) is 13.6. The molecule has 1 aliphatic heterocycles. The Bertz CT molecular complexity index is 1390. The molecule has 3 aromatic rings. The Morgan fingerprint density at radius 2 is 1.97 bits per heavy atom. The third kappa shape index (κ3) is 6.99. The summed E-state index contributed by atoms with van der Waals surface area (Å²) in [7, 11) is 2.19. The first-order chi connectivity index (χ1) is 19.0. The fraction of sp³-hybridized carbons (Fsp3) is 0.387. The van der Waals surface area contributed by atoms with E-state index in [9.17, 15) is 4.39 Å². The molecule has 0 spiro atoms. The highest BCUT2D eigenvalue weighted by Crippen LogP contribution is 2.43. The number of rotatable bonds is 9. The second-order valence-electron chi connectivity index (χ2n) is 10.5. The molecule has 5 rings (SSSR count). The molecule has 1 atom stereocenters. The van der Waals surface area contributed by atoms with Gasteiger partial charge in [0.1, 0.15) is 18.2 Å². The number of pyridine rings is 1. The van der Waals surface area contributed by atoms with Crippen molar-refractivity contribution in [1.29, 1.82) is 5.41 Å². The van der Waals surface area contributed by atoms with Gasteiger partial charge < -0.3 is 20.6 Å². The largest absolute Gasteiger partial charge is 0.378 e. The number of allylic oxidation sites excluding steroid dienone is 1. The van der Waals surface area contributed by atoms with Crippen LogP contribution in [0.2, 0.25) is 0 Å². The molecule has 2 fully saturated rings. The maximum Gasteiger partial charge on any atom is 0.133 e. The van der Waals surface area contributed by atoms with E-state index in [2.05, 4.69) is 74.1 Å². The fourth-order valence-electron chi connectivity index (χ4n) is 4.90. The number of nitrogens with one attached hydrogen (secondary N) is 3. The van der Waals surface area contributed by atoms with Gasteiger partial charge in [0.2, 0.25) is 0 Å². The number of imidazole rings is 1. The average molecular weight is 526 g/mol. The van der Waals surface area contributed by atoms with Crippen LogP contribution in [0.25, 0.3) is 6.08 Å². The van der Waals surface area contributed by atoms with E-state index in [1.165, 1.54) is 30.2 Å². The van der Waals surface area contributed by atoms with E-state index in [0.29, 0.717) is 28.7 Å². The number of hydrogen-bond acceptors (Lipinski definition) is 6. The molecule has 7 nitrogen and oxygen atoms in total. The second-order valence-corrected chi connectivity index (χ2v) is 10.5. The number of aromatic nitrogens is 3. The zero-order valence-electron chi connectivity index (χ0n) is 22.7. The zero-order chi connectivity index (χ0) is 27.2. The highest BCUT2D eigenvalue weighted by Gasteiger charge is 2.27. The van der Waals surface area contributed by atoms with Gasteiger partial charge in [-0.2, -0.15) is 0 Å². The summed E-state index contributed by atoms with van der Waals surface area (Å²) in [4.78, 5) is 16.6. The van der Waals surface area contributed by atoms with E-state index in [0.717, 1.165) is 44.0 Å². The van der Waals surface area contributed by atoms with Crippen LogP contribution in [0.4, 0.5) is 10.1 Å². The minimum atomic E-state index is -0.679. The molecule has 1 saturated carbocycles. The van der Waals surface area contributed by atoms with Gasteiger partial charge in [0, 0.05) is 56.4 Å². The molecule has 0 bridgehead atoms. The lowest BCUT2D eigenvalue weighted by atomic mass is 10.0. The minimum absolute atomic E-state index is 0.0211. The summed E-state index contributed by atoms with van der Waals surface area (Å²) < 4.78 is 13.7. The third-order valence-corrected chi connectivity index (χ3v) is 7.43. The molecule has 1 saturated heterocycles. The monoisotopic (exact) mass is 525 g/mol. The van der Waals surface area contributed by atoms with Crippen molar-refractivity contribution in [3.8, 4) is 11.8 Å². The number of nitrogens with zero attached hydrogens (tertiary/aromatic N) is 4. The molecule has 39 heavy (non-hydrogen) atoms. The van der Waals surface area contributed by atoms with E-state index < -0.39 is 6.67 Å². The number of aromatic amines is 1. The summed E-state index contributed by atoms with van der Waals surface area (Å²) in [5.74, 6) is 7.36. The Morgan fingerprint density at radius 3 is 2.72 bits per heavy atom. The number of hydrogen-bond donors (Lipinski definition) is 3. The summed E-state index contributed by atoms with van der Waals surface area (Å²) >= 11 is 0. The van der Waals surface area contributed by atoms with Gasteiger partial charge in [-0.05, 0) is 85.7 Å². The number of benzene rings is 1. The van der Waals surface area contributed by atoms with Crippen molar-refractivity contribution in [2.45, 2.75) is 44.9 Å². The SMILES string of the molecule is CC(Nc1ccc(CN2CCN(C)CC2)c(C2CC2)c1)c1cnc(CF)c(C#Cc2cnc(C=CC=N)[nH]2)c1. The van der Waals surface area contributed by atoms with Crippen LogP contribution in [0.3, 0.4) is 0 Å². The molecule has 0 radical (unpaired) electrons. The number of anilines is 1. The quantitative estimate of drug-likeness (QED) is 0.266. The van der Waals surface area contributed by atoms with Crippen molar-refractivity contribution in [3.63, 3.8) is 0 Å². The molecule has 202 valence electrons. The summed E-state index contributed by atoms with van der Waals surface area (Å²) in [6, 6.07) is 8.69. The van der Waals surface area contributed by atoms with Crippen molar-refractivity contribution >= 4 is 18.0 Å². The van der Waals surface area contributed by atoms with Crippen LogP contribution in [0, 0.1) is 17.3 Å². The van der Waals surface area contributed by atoms with Crippen molar-refractivity contribution in [3.05, 3.63) is 82.2 Å². The molecule has 8 heteroatoms. The third-order valence-electron chi connectivity index (χ3n) is 7.43. The normalized spacial score (nSPS) is 17.1. The minimum Gasteiger partial charge on any atom is -0.378 e. The lowest BCUT2D eigenvalue weighted by Crippen LogP contribution is -2.44. The standard InChI is InChI=1S/C31H36FN7/c1-22(26-16-24(30(18-32)34-19-26)7-10-28-20-35-31(37-28)4-3-11-33)36-27-9-8-25(29(17-27)23-5-6-23)21-39-14-12-38(2)13-15-39/h3-4,8-9,11,16-17,19-20,22-23,33,36H,5-6,12-15,18,21H2,1-2H3,(H,35,37). The van der Waals surface area contributed by atoms with Crippen molar-refractivity contribution in [1.82, 2.24) is 24.8 Å². The first-order valence-electron chi connectivity index (χ1n) is 13.6. The van der Waals surface area contributed by atoms with Gasteiger partial charge in [-0.15, -0.1) is 0 Å². The molecule has 0 amide bonds. The highest BCUT2D eigenvalue weighted by molar-refractivity contribution is 5.74. The van der Waals surface area contributed by atoms with E-state index in [1.54, 1.807) is 24.5 Å². The predicted molar refractivity (Wildman–Crippen MR) is 155 cm³/mol. The van der Waals surface area contributed by atoms with Crippen molar-refractivity contribution in [2.75, 3.05) is 38.5 Å². The van der Waals surface area contributed by atoms with Gasteiger partial charge in [0.15, 0.2) is 0 Å². The molecule has 2 aliphatic rings. The summed E-state index contributed by atoms with van der Waals surface area (Å²) in [5.41, 5.74) is 6.47. The number of alkyl halides is 1. The van der Waals surface area contributed by atoms with Gasteiger partial charge in [-0.25, -0.2) is 9.37 Å². The summed E-state index contributed by atoms with van der Waals surface area (Å²) in [6.07, 6.45) is 10.3. The van der Waals surface area contributed by atoms with Gasteiger partial charge in [0.25, 0.3) is 0 Å². The van der Waals surface area contributed by atoms with Gasteiger partial charge in [-0.1, -0.05) is 12.0 Å². The molecule has 1 unspecified atom stereocenters. The Balaban J connectivity index is 1.30. The highest BCUT2D eigenvalue weighted by atomic mass is 19.1. The molecule has 3 heterocycles. The van der Waals surface area contributed by atoms with E-state index in [1.807, 2.05) is 6.07 Å². The molecule has 1 aromatic carbocycles. The number of piperazine rings is 1. The Kier molecular flexibility index (Phi) is 8.50. The lowest BCUT2D eigenvalue weighted by Gasteiger charge is -2.33. The first kappa shape index (κ1) is 26.8. The van der Waals surface area contributed by atoms with Crippen LogP contribution in [0.5, 0.6) is 0 Å². The topological polar surface area (TPSA) is 83.9 Å². The van der Waals surface area contributed by atoms with E-state index in [-0.39, 0.29) is 6.04 Å². The smallest absolute Gasteiger partial charge is 0.133 e. The fourth-order valence-corrected chi connectivity index (χ4v) is 4.90. The second kappa shape index (κ2) is 12.4. The predicted octanol–water partition coefficient (Wildman–Crippen LogP) is 5.13. The molecular formula is C31H36FN7. The Morgan fingerprint density at radius 1 is 1.15 bits per heavy atom. The van der Waals surface area contributed by atoms with Crippen molar-refractivity contribution < 1.29 is 4.39 Å². The zero-order valence-corrected chi connectivity index (χ0v) is 22.7. The maximum absolute atomic E-state index is 13.7. The molecular weight excluding hydrogens is 489 g/mol. The lowest BCUT2D eigenvalue weighted by molar-refractivity contribution is 0.148. The van der Waals surface area contributed by atoms with Crippen LogP contribution >= 0.6 is 0 Å². The van der Waals surface area contributed by atoms with Crippen LogP contribution < -0.4 is 5.32 Å². The number of likely N-dealkylation sites (N-methyl/N-ethyl adjacent to an activating group) is 1. The summed E-state index contributed by atoms with van der Waals surface area (Å²) in [5, 5.41) is 10.7. The van der Waals surface area contributed by atoms with Crippen LogP contribution in [-0.2, 0) is 13.2 Å². The summed E-state index contributed by atoms with van der Waals surface area (Å²) in [6.45, 7) is 6.93. The molecule has 2 aromatic heterocycles. The van der Waals surface area contributed by atoms with Crippen LogP contribution in [0.1, 0.15) is 71.2 Å². The molecule has 1 aliphatic carbocycles. The molecule has 3 N–H and O–H groups in total. The van der Waals surface area contributed by atoms with E-state index in [4.69, 9.17) is 5.41 Å². The number of halogens is 1. The number of H-pyrrole nitrogens is 1. The Labute approximate surface area is 230 Å². The van der Waals surface area contributed by atoms with Crippen LogP contribution in [-0.4, -0.2) is 64.2 Å². The van der Waals surface area contributed by atoms with Gasteiger partial charge in [0.05, 0.1) is 17.9 Å². The average Bonchev–Trinajstić information content (AvgIpc) is 3.70. The van der Waals surface area contributed by atoms with Gasteiger partial charge >= 0.3 is 0 Å². The Hall–Kier alpha value is -3.80. The maximum atomic E-state index is 13.7. The van der Waals surface area contributed by atoms with Crippen LogP contribution in [0.15, 0.2) is 42.7 Å². The van der Waals surface area contributed by atoms with Gasteiger partial charge in [-0.3, -0.25) is 9.88 Å².